The number of likely N-dealkylation sites (N-methyl/N-ethyl adjacent to an activating group) is 1. The quantitative estimate of drug-likeness (QED) is 0.707. The lowest BCUT2D eigenvalue weighted by Crippen LogP contribution is -2.53. The summed E-state index contributed by atoms with van der Waals surface area (Å²) in [5.74, 6) is 0.772. The summed E-state index contributed by atoms with van der Waals surface area (Å²) in [5, 5.41) is 0. The number of likely N-dealkylation sites (tertiary alicyclic amines) is 1. The number of carbonyl (C=O) groups excluding carboxylic acids is 2. The third-order valence-corrected chi connectivity index (χ3v) is 5.30. The molecule has 1 saturated carbocycles. The number of nitrogens with zero attached hydrogens (tertiary/aromatic N) is 3. The highest BCUT2D eigenvalue weighted by Crippen LogP contribution is 2.49. The molecule has 2 aliphatic heterocycles. The lowest BCUT2D eigenvalue weighted by atomic mass is 9.96. The van der Waals surface area contributed by atoms with E-state index in [4.69, 9.17) is 0 Å². The van der Waals surface area contributed by atoms with Gasteiger partial charge in [0.15, 0.2) is 0 Å². The van der Waals surface area contributed by atoms with Crippen molar-refractivity contribution in [1.82, 2.24) is 14.7 Å². The fourth-order valence-electron chi connectivity index (χ4n) is 3.63. The van der Waals surface area contributed by atoms with Crippen LogP contribution in [-0.4, -0.2) is 72.8 Å². The van der Waals surface area contributed by atoms with Crippen molar-refractivity contribution in [2.45, 2.75) is 32.6 Å². The Morgan fingerprint density at radius 1 is 0.952 bits per heavy atom. The van der Waals surface area contributed by atoms with Crippen LogP contribution in [0.3, 0.4) is 0 Å². The van der Waals surface area contributed by atoms with E-state index in [9.17, 15) is 9.59 Å². The molecule has 2 heterocycles. The molecule has 0 spiro atoms. The standard InChI is InChI=1S/C16H27N3O2/c1-13-4-3-7-19(12-13)15(21)16(5-6-16)14(20)18-10-8-17(2)9-11-18/h13H,3-12H2,1-2H3. The van der Waals surface area contributed by atoms with Crippen LogP contribution in [0.1, 0.15) is 32.6 Å². The van der Waals surface area contributed by atoms with E-state index in [0.717, 1.165) is 58.5 Å². The third kappa shape index (κ3) is 2.80. The number of amides is 2. The molecule has 2 amide bonds. The highest BCUT2D eigenvalue weighted by Gasteiger charge is 2.59. The van der Waals surface area contributed by atoms with Crippen LogP contribution in [0.2, 0.25) is 0 Å². The van der Waals surface area contributed by atoms with Crippen molar-refractivity contribution in [3.05, 3.63) is 0 Å². The minimum Gasteiger partial charge on any atom is -0.342 e. The van der Waals surface area contributed by atoms with Crippen molar-refractivity contribution in [2.24, 2.45) is 11.3 Å². The van der Waals surface area contributed by atoms with E-state index in [0.29, 0.717) is 5.92 Å². The van der Waals surface area contributed by atoms with E-state index < -0.39 is 5.41 Å². The molecule has 0 radical (unpaired) electrons. The molecular weight excluding hydrogens is 266 g/mol. The summed E-state index contributed by atoms with van der Waals surface area (Å²) in [7, 11) is 2.08. The fraction of sp³-hybridized carbons (Fsp3) is 0.875. The van der Waals surface area contributed by atoms with Crippen molar-refractivity contribution < 1.29 is 9.59 Å². The van der Waals surface area contributed by atoms with Gasteiger partial charge in [-0.3, -0.25) is 9.59 Å². The van der Waals surface area contributed by atoms with Crippen LogP contribution in [0, 0.1) is 11.3 Å². The first-order valence-corrected chi connectivity index (χ1v) is 8.30. The predicted octanol–water partition coefficient (Wildman–Crippen LogP) is 0.799. The zero-order chi connectivity index (χ0) is 15.0. The molecule has 118 valence electrons. The first-order chi connectivity index (χ1) is 10.0. The smallest absolute Gasteiger partial charge is 0.238 e. The van der Waals surface area contributed by atoms with Gasteiger partial charge in [0.05, 0.1) is 0 Å². The van der Waals surface area contributed by atoms with Crippen LogP contribution in [0.5, 0.6) is 0 Å². The Balaban J connectivity index is 1.66. The largest absolute Gasteiger partial charge is 0.342 e. The molecule has 1 unspecified atom stereocenters. The van der Waals surface area contributed by atoms with Gasteiger partial charge in [-0.15, -0.1) is 0 Å². The Bertz CT molecular complexity index is 425. The Morgan fingerprint density at radius 2 is 1.57 bits per heavy atom. The maximum atomic E-state index is 12.8. The van der Waals surface area contributed by atoms with Gasteiger partial charge in [-0.1, -0.05) is 6.92 Å². The van der Waals surface area contributed by atoms with Gasteiger partial charge in [0, 0.05) is 39.3 Å². The molecule has 0 aromatic heterocycles. The van der Waals surface area contributed by atoms with Crippen molar-refractivity contribution in [1.29, 1.82) is 0 Å². The maximum absolute atomic E-state index is 12.8. The van der Waals surface area contributed by atoms with Gasteiger partial charge in [-0.05, 0) is 38.6 Å². The van der Waals surface area contributed by atoms with Crippen molar-refractivity contribution in [3.63, 3.8) is 0 Å². The number of piperazine rings is 1. The lowest BCUT2D eigenvalue weighted by Gasteiger charge is -2.37. The highest BCUT2D eigenvalue weighted by molar-refractivity contribution is 6.07. The average Bonchev–Trinajstić information content (AvgIpc) is 3.28. The summed E-state index contributed by atoms with van der Waals surface area (Å²) in [6, 6.07) is 0. The second-order valence-corrected chi connectivity index (χ2v) is 7.18. The second-order valence-electron chi connectivity index (χ2n) is 7.18. The topological polar surface area (TPSA) is 43.9 Å². The van der Waals surface area contributed by atoms with E-state index >= 15 is 0 Å². The normalized spacial score (nSPS) is 29.3. The molecule has 0 bridgehead atoms. The fourth-order valence-corrected chi connectivity index (χ4v) is 3.63. The van der Waals surface area contributed by atoms with E-state index in [1.54, 1.807) is 0 Å². The van der Waals surface area contributed by atoms with Crippen LogP contribution in [0.4, 0.5) is 0 Å². The predicted molar refractivity (Wildman–Crippen MR) is 80.7 cm³/mol. The molecule has 3 aliphatic rings. The van der Waals surface area contributed by atoms with Crippen molar-refractivity contribution in [2.75, 3.05) is 46.3 Å². The van der Waals surface area contributed by atoms with Gasteiger partial charge in [0.25, 0.3) is 0 Å². The SMILES string of the molecule is CC1CCCN(C(=O)C2(C(=O)N3CCN(C)CC3)CC2)C1. The third-order valence-electron chi connectivity index (χ3n) is 5.30. The van der Waals surface area contributed by atoms with Crippen molar-refractivity contribution in [3.8, 4) is 0 Å². The maximum Gasteiger partial charge on any atom is 0.238 e. The Hall–Kier alpha value is -1.10. The molecule has 0 aromatic carbocycles. The first-order valence-electron chi connectivity index (χ1n) is 8.30. The summed E-state index contributed by atoms with van der Waals surface area (Å²) in [4.78, 5) is 31.8. The molecule has 1 aliphatic carbocycles. The van der Waals surface area contributed by atoms with Gasteiger partial charge in [-0.25, -0.2) is 0 Å². The highest BCUT2D eigenvalue weighted by atomic mass is 16.2. The molecule has 0 N–H and O–H groups in total. The molecule has 21 heavy (non-hydrogen) atoms. The minimum atomic E-state index is -0.688. The molecular formula is C16H27N3O2. The monoisotopic (exact) mass is 293 g/mol. The average molecular weight is 293 g/mol. The molecule has 5 heteroatoms. The van der Waals surface area contributed by atoms with E-state index in [-0.39, 0.29) is 11.8 Å². The van der Waals surface area contributed by atoms with Crippen LogP contribution in [0.15, 0.2) is 0 Å². The Labute approximate surface area is 127 Å². The van der Waals surface area contributed by atoms with Crippen LogP contribution < -0.4 is 0 Å². The lowest BCUT2D eigenvalue weighted by molar-refractivity contribution is -0.151. The van der Waals surface area contributed by atoms with Crippen LogP contribution in [-0.2, 0) is 9.59 Å². The zero-order valence-corrected chi connectivity index (χ0v) is 13.3. The molecule has 2 saturated heterocycles. The summed E-state index contributed by atoms with van der Waals surface area (Å²) >= 11 is 0. The van der Waals surface area contributed by atoms with Gasteiger partial charge in [0.2, 0.25) is 11.8 Å². The summed E-state index contributed by atoms with van der Waals surface area (Å²) in [5.41, 5.74) is -0.688. The van der Waals surface area contributed by atoms with Gasteiger partial charge in [-0.2, -0.15) is 0 Å². The van der Waals surface area contributed by atoms with Crippen molar-refractivity contribution >= 4 is 11.8 Å². The summed E-state index contributed by atoms with van der Waals surface area (Å²) in [6.07, 6.45) is 3.78. The second kappa shape index (κ2) is 5.59. The molecule has 0 aromatic rings. The summed E-state index contributed by atoms with van der Waals surface area (Å²) < 4.78 is 0. The van der Waals surface area contributed by atoms with E-state index in [1.807, 2.05) is 9.80 Å². The number of carbonyl (C=O) groups is 2. The summed E-state index contributed by atoms with van der Waals surface area (Å²) in [6.45, 7) is 7.22. The molecule has 3 rings (SSSR count). The minimum absolute atomic E-state index is 0.0961. The van der Waals surface area contributed by atoms with E-state index in [2.05, 4.69) is 18.9 Å². The number of rotatable bonds is 2. The first kappa shape index (κ1) is 14.8. The van der Waals surface area contributed by atoms with Crippen LogP contribution in [0.25, 0.3) is 0 Å². The molecule has 3 fully saturated rings. The molecule has 1 atom stereocenters. The number of piperidine rings is 1. The van der Waals surface area contributed by atoms with Gasteiger partial charge < -0.3 is 14.7 Å². The number of hydrogen-bond acceptors (Lipinski definition) is 3. The van der Waals surface area contributed by atoms with Gasteiger partial charge in [0.1, 0.15) is 5.41 Å². The molecule has 5 nitrogen and oxygen atoms in total. The van der Waals surface area contributed by atoms with Crippen LogP contribution >= 0.6 is 0 Å². The zero-order valence-electron chi connectivity index (χ0n) is 13.3. The van der Waals surface area contributed by atoms with E-state index in [1.165, 1.54) is 6.42 Å². The Morgan fingerprint density at radius 3 is 2.14 bits per heavy atom. The Kier molecular flexibility index (Phi) is 3.95. The van der Waals surface area contributed by atoms with Gasteiger partial charge >= 0.3 is 0 Å². The number of hydrogen-bond donors (Lipinski definition) is 0.